The van der Waals surface area contributed by atoms with Crippen LogP contribution in [0.5, 0.6) is 0 Å². The number of nitrogens with zero attached hydrogens (tertiary/aromatic N) is 2. The fraction of sp³-hybridized carbons (Fsp3) is 0.562. The summed E-state index contributed by atoms with van der Waals surface area (Å²) in [5.74, 6) is 1.21. The number of carbonyl (C=O) groups excluding carboxylic acids is 1. The van der Waals surface area contributed by atoms with Gasteiger partial charge in [-0.1, -0.05) is 11.8 Å². The molecule has 124 valence electrons. The Bertz CT molecular complexity index is 715. The van der Waals surface area contributed by atoms with E-state index < -0.39 is 0 Å². The summed E-state index contributed by atoms with van der Waals surface area (Å²) in [5.41, 5.74) is 1.41. The number of amides is 1. The largest absolute Gasteiger partial charge is 0.385 e. The normalized spacial score (nSPS) is 13.5. The van der Waals surface area contributed by atoms with E-state index in [4.69, 9.17) is 4.74 Å². The van der Waals surface area contributed by atoms with E-state index in [0.717, 1.165) is 34.9 Å². The summed E-state index contributed by atoms with van der Waals surface area (Å²) in [4.78, 5) is 23.7. The molecule has 1 amide bonds. The summed E-state index contributed by atoms with van der Waals surface area (Å²) in [5, 5.41) is 5.06. The Balaban J connectivity index is 1.69. The number of rotatable bonds is 7. The molecule has 0 saturated heterocycles. The highest BCUT2D eigenvalue weighted by Gasteiger charge is 2.22. The molecule has 0 atom stereocenters. The number of fused-ring (bicyclic) bond motifs is 3. The molecule has 1 aliphatic carbocycles. The molecular formula is C16H21N3O2S2. The number of hydrogen-bond acceptors (Lipinski definition) is 6. The van der Waals surface area contributed by atoms with Gasteiger partial charge in [-0.2, -0.15) is 0 Å². The number of thiophene rings is 1. The van der Waals surface area contributed by atoms with Gasteiger partial charge < -0.3 is 10.1 Å². The van der Waals surface area contributed by atoms with Crippen LogP contribution in [0.2, 0.25) is 0 Å². The van der Waals surface area contributed by atoms with Gasteiger partial charge in [0.1, 0.15) is 15.7 Å². The lowest BCUT2D eigenvalue weighted by molar-refractivity contribution is -0.118. The van der Waals surface area contributed by atoms with E-state index in [1.165, 1.54) is 34.0 Å². The topological polar surface area (TPSA) is 64.1 Å². The van der Waals surface area contributed by atoms with Gasteiger partial charge in [-0.3, -0.25) is 4.79 Å². The fourth-order valence-corrected chi connectivity index (χ4v) is 5.10. The van der Waals surface area contributed by atoms with Gasteiger partial charge in [0.05, 0.1) is 5.75 Å². The predicted octanol–water partition coefficient (Wildman–Crippen LogP) is 2.73. The first-order valence-electron chi connectivity index (χ1n) is 7.86. The van der Waals surface area contributed by atoms with Gasteiger partial charge in [0.15, 0.2) is 0 Å². The minimum absolute atomic E-state index is 0.0439. The maximum absolute atomic E-state index is 12.0. The molecule has 0 spiro atoms. The van der Waals surface area contributed by atoms with Crippen molar-refractivity contribution in [1.29, 1.82) is 0 Å². The molecule has 0 aliphatic heterocycles. The van der Waals surface area contributed by atoms with Crippen LogP contribution in [0.1, 0.15) is 29.1 Å². The number of nitrogens with one attached hydrogen (secondary N) is 1. The molecule has 1 aliphatic rings. The van der Waals surface area contributed by atoms with E-state index in [0.29, 0.717) is 18.9 Å². The SMILES string of the molecule is COCCCNC(=O)CSc1nc(C)nc2sc3c(c12)CCC3. The van der Waals surface area contributed by atoms with Gasteiger partial charge in [0.25, 0.3) is 0 Å². The average Bonchev–Trinajstić information content (AvgIpc) is 3.09. The van der Waals surface area contributed by atoms with Gasteiger partial charge in [0, 0.05) is 30.5 Å². The zero-order valence-electron chi connectivity index (χ0n) is 13.5. The molecule has 0 unspecified atom stereocenters. The van der Waals surface area contributed by atoms with E-state index in [2.05, 4.69) is 15.3 Å². The van der Waals surface area contributed by atoms with Gasteiger partial charge in [-0.25, -0.2) is 9.97 Å². The predicted molar refractivity (Wildman–Crippen MR) is 94.4 cm³/mol. The molecule has 7 heteroatoms. The lowest BCUT2D eigenvalue weighted by atomic mass is 10.2. The van der Waals surface area contributed by atoms with Crippen molar-refractivity contribution in [3.05, 3.63) is 16.3 Å². The van der Waals surface area contributed by atoms with E-state index in [1.807, 2.05) is 6.92 Å². The van der Waals surface area contributed by atoms with Crippen LogP contribution in [0, 0.1) is 6.92 Å². The molecule has 2 heterocycles. The van der Waals surface area contributed by atoms with Crippen molar-refractivity contribution in [2.45, 2.75) is 37.6 Å². The number of hydrogen-bond donors (Lipinski definition) is 1. The summed E-state index contributed by atoms with van der Waals surface area (Å²) in [7, 11) is 1.67. The van der Waals surface area contributed by atoms with E-state index in [-0.39, 0.29) is 5.91 Å². The first-order valence-corrected chi connectivity index (χ1v) is 9.66. The van der Waals surface area contributed by atoms with Crippen molar-refractivity contribution in [3.8, 4) is 0 Å². The van der Waals surface area contributed by atoms with Crippen LogP contribution in [0.3, 0.4) is 0 Å². The van der Waals surface area contributed by atoms with Crippen molar-refractivity contribution in [2.75, 3.05) is 26.0 Å². The van der Waals surface area contributed by atoms with Crippen LogP contribution >= 0.6 is 23.1 Å². The second-order valence-electron chi connectivity index (χ2n) is 5.60. The molecule has 2 aromatic heterocycles. The van der Waals surface area contributed by atoms with Crippen LogP contribution < -0.4 is 5.32 Å². The van der Waals surface area contributed by atoms with Crippen molar-refractivity contribution in [3.63, 3.8) is 0 Å². The van der Waals surface area contributed by atoms with Gasteiger partial charge in [0.2, 0.25) is 5.91 Å². The maximum atomic E-state index is 12.0. The third-order valence-electron chi connectivity index (χ3n) is 3.83. The van der Waals surface area contributed by atoms with Gasteiger partial charge >= 0.3 is 0 Å². The lowest BCUT2D eigenvalue weighted by Gasteiger charge is -2.07. The number of aromatic nitrogens is 2. The zero-order valence-corrected chi connectivity index (χ0v) is 15.1. The Morgan fingerprint density at radius 1 is 1.39 bits per heavy atom. The Morgan fingerprint density at radius 2 is 2.26 bits per heavy atom. The molecule has 2 aromatic rings. The quantitative estimate of drug-likeness (QED) is 0.472. The molecule has 0 aromatic carbocycles. The van der Waals surface area contributed by atoms with Gasteiger partial charge in [-0.05, 0) is 38.2 Å². The maximum Gasteiger partial charge on any atom is 0.230 e. The lowest BCUT2D eigenvalue weighted by Crippen LogP contribution is -2.26. The van der Waals surface area contributed by atoms with Crippen molar-refractivity contribution < 1.29 is 9.53 Å². The first kappa shape index (κ1) is 16.7. The van der Waals surface area contributed by atoms with Crippen LogP contribution in [-0.2, 0) is 22.4 Å². The zero-order chi connectivity index (χ0) is 16.2. The third kappa shape index (κ3) is 3.84. The second-order valence-corrected chi connectivity index (χ2v) is 7.65. The van der Waals surface area contributed by atoms with Crippen LogP contribution in [0.15, 0.2) is 5.03 Å². The number of methoxy groups -OCH3 is 1. The molecule has 0 bridgehead atoms. The van der Waals surface area contributed by atoms with Gasteiger partial charge in [-0.15, -0.1) is 11.3 Å². The monoisotopic (exact) mass is 351 g/mol. The molecule has 23 heavy (non-hydrogen) atoms. The molecule has 0 fully saturated rings. The Morgan fingerprint density at radius 3 is 3.09 bits per heavy atom. The number of ether oxygens (including phenoxy) is 1. The Hall–Kier alpha value is -1.18. The smallest absolute Gasteiger partial charge is 0.230 e. The Kier molecular flexibility index (Phi) is 5.50. The fourth-order valence-electron chi connectivity index (χ4n) is 2.80. The third-order valence-corrected chi connectivity index (χ3v) is 5.99. The minimum Gasteiger partial charge on any atom is -0.385 e. The van der Waals surface area contributed by atoms with E-state index >= 15 is 0 Å². The number of aryl methyl sites for hydroxylation is 3. The molecule has 5 nitrogen and oxygen atoms in total. The number of carbonyl (C=O) groups is 1. The van der Waals surface area contributed by atoms with E-state index in [9.17, 15) is 4.79 Å². The summed E-state index contributed by atoms with van der Waals surface area (Å²) >= 11 is 3.31. The summed E-state index contributed by atoms with van der Waals surface area (Å²) in [6.07, 6.45) is 4.31. The van der Waals surface area contributed by atoms with Crippen molar-refractivity contribution >= 4 is 39.2 Å². The van der Waals surface area contributed by atoms with Crippen molar-refractivity contribution in [1.82, 2.24) is 15.3 Å². The minimum atomic E-state index is 0.0439. The number of thioether (sulfide) groups is 1. The van der Waals surface area contributed by atoms with Crippen LogP contribution in [0.4, 0.5) is 0 Å². The molecule has 0 radical (unpaired) electrons. The molecular weight excluding hydrogens is 330 g/mol. The standard InChI is InChI=1S/C16H21N3O2S2/c1-10-18-15(22-9-13(20)17-7-4-8-21-2)14-11-5-3-6-12(11)23-16(14)19-10/h3-9H2,1-2H3,(H,17,20). The summed E-state index contributed by atoms with van der Waals surface area (Å²) in [6.45, 7) is 3.23. The highest BCUT2D eigenvalue weighted by atomic mass is 32.2. The average molecular weight is 351 g/mol. The Labute approximate surface area is 144 Å². The summed E-state index contributed by atoms with van der Waals surface area (Å²) < 4.78 is 4.98. The highest BCUT2D eigenvalue weighted by Crippen LogP contribution is 2.40. The molecule has 1 N–H and O–H groups in total. The highest BCUT2D eigenvalue weighted by molar-refractivity contribution is 8.00. The first-order chi connectivity index (χ1) is 11.2. The van der Waals surface area contributed by atoms with E-state index in [1.54, 1.807) is 18.4 Å². The van der Waals surface area contributed by atoms with Crippen LogP contribution in [0.25, 0.3) is 10.2 Å². The summed E-state index contributed by atoms with van der Waals surface area (Å²) in [6, 6.07) is 0. The molecule has 0 saturated carbocycles. The second kappa shape index (κ2) is 7.59. The van der Waals surface area contributed by atoms with Crippen molar-refractivity contribution in [2.24, 2.45) is 0 Å². The van der Waals surface area contributed by atoms with Crippen LogP contribution in [-0.4, -0.2) is 41.9 Å². The molecule has 3 rings (SSSR count).